The van der Waals surface area contributed by atoms with Crippen LogP contribution in [0, 0.1) is 0 Å². The van der Waals surface area contributed by atoms with E-state index in [0.717, 1.165) is 12.8 Å². The van der Waals surface area contributed by atoms with E-state index >= 15 is 0 Å². The first-order valence-electron chi connectivity index (χ1n) is 15.7. The van der Waals surface area contributed by atoms with Gasteiger partial charge in [0.1, 0.15) is 31.0 Å². The Morgan fingerprint density at radius 2 is 1.32 bits per heavy atom. The summed E-state index contributed by atoms with van der Waals surface area (Å²) in [6, 6.07) is 0. The van der Waals surface area contributed by atoms with Crippen molar-refractivity contribution in [3.05, 3.63) is 0 Å². The number of hydrogen-bond acceptors (Lipinski definition) is 10. The van der Waals surface area contributed by atoms with E-state index in [9.17, 15) is 15.0 Å². The minimum atomic E-state index is -0.555. The van der Waals surface area contributed by atoms with E-state index < -0.39 is 24.4 Å². The van der Waals surface area contributed by atoms with Gasteiger partial charge in [-0.2, -0.15) is 0 Å². The molecule has 1 heterocycles. The van der Waals surface area contributed by atoms with Crippen molar-refractivity contribution >= 4 is 5.97 Å². The Morgan fingerprint density at radius 3 is 1.93 bits per heavy atom. The molecule has 3 N–H and O–H groups in total. The molecule has 0 aromatic heterocycles. The molecule has 0 aliphatic carbocycles. The summed E-state index contributed by atoms with van der Waals surface area (Å²) in [6.07, 6.45) is 14.8. The zero-order valence-corrected chi connectivity index (χ0v) is 25.0. The van der Waals surface area contributed by atoms with Crippen molar-refractivity contribution < 1.29 is 48.5 Å². The number of ether oxygens (including phenoxy) is 6. The standard InChI is InChI=1S/C30H58O10/c1-2-3-4-5-6-7-8-9-10-11-12-13-14-15-28(34)38-23-22-35-24-26(36-19-16-31)30-29(39-21-18-33)27(25-40-30)37-20-17-32/h26-27,29-33H,2-25H2,1H3/t26?,27?,29-,30-/m1/s1. The molecule has 1 fully saturated rings. The molecular formula is C30H58O10. The van der Waals surface area contributed by atoms with Crippen molar-refractivity contribution in [1.82, 2.24) is 0 Å². The Morgan fingerprint density at radius 1 is 0.750 bits per heavy atom. The van der Waals surface area contributed by atoms with Gasteiger partial charge in [0.05, 0.1) is 59.5 Å². The van der Waals surface area contributed by atoms with E-state index in [1.807, 2.05) is 0 Å². The van der Waals surface area contributed by atoms with Crippen LogP contribution in [0.15, 0.2) is 0 Å². The second kappa shape index (κ2) is 27.0. The second-order valence-corrected chi connectivity index (χ2v) is 10.4. The number of esters is 1. The maximum absolute atomic E-state index is 12.0. The van der Waals surface area contributed by atoms with Gasteiger partial charge in [-0.3, -0.25) is 4.79 Å². The number of carbonyl (C=O) groups is 1. The lowest BCUT2D eigenvalue weighted by molar-refractivity contribution is -0.149. The lowest BCUT2D eigenvalue weighted by Crippen LogP contribution is -2.45. The van der Waals surface area contributed by atoms with Crippen LogP contribution < -0.4 is 0 Å². The first-order valence-corrected chi connectivity index (χ1v) is 15.7. The molecule has 1 aliphatic rings. The van der Waals surface area contributed by atoms with Crippen LogP contribution in [0.4, 0.5) is 0 Å². The normalized spacial score (nSPS) is 19.8. The summed E-state index contributed by atoms with van der Waals surface area (Å²) >= 11 is 0. The van der Waals surface area contributed by atoms with Gasteiger partial charge in [0.25, 0.3) is 0 Å². The van der Waals surface area contributed by atoms with Crippen molar-refractivity contribution in [2.45, 2.75) is 121 Å². The third-order valence-corrected chi connectivity index (χ3v) is 7.01. The van der Waals surface area contributed by atoms with Gasteiger partial charge in [-0.25, -0.2) is 0 Å². The van der Waals surface area contributed by atoms with E-state index in [4.69, 9.17) is 33.5 Å². The van der Waals surface area contributed by atoms with Gasteiger partial charge in [-0.1, -0.05) is 84.0 Å². The van der Waals surface area contributed by atoms with Crippen LogP contribution in [0.1, 0.15) is 96.8 Å². The molecule has 1 rings (SSSR count). The van der Waals surface area contributed by atoms with Gasteiger partial charge in [0.2, 0.25) is 0 Å². The Kier molecular flexibility index (Phi) is 25.1. The lowest BCUT2D eigenvalue weighted by atomic mass is 10.0. The molecule has 0 spiro atoms. The molecule has 2 unspecified atom stereocenters. The maximum Gasteiger partial charge on any atom is 0.305 e. The Hall–Kier alpha value is -0.850. The zero-order valence-electron chi connectivity index (χ0n) is 25.0. The average molecular weight is 579 g/mol. The average Bonchev–Trinajstić information content (AvgIpc) is 3.36. The maximum atomic E-state index is 12.0. The van der Waals surface area contributed by atoms with Crippen molar-refractivity contribution in [1.29, 1.82) is 0 Å². The summed E-state index contributed by atoms with van der Waals surface area (Å²) in [6.45, 7) is 2.91. The topological polar surface area (TPSA) is 133 Å². The van der Waals surface area contributed by atoms with Crippen LogP contribution in [0.2, 0.25) is 0 Å². The first kappa shape index (κ1) is 37.2. The quantitative estimate of drug-likeness (QED) is 0.0894. The van der Waals surface area contributed by atoms with Gasteiger partial charge in [0, 0.05) is 6.42 Å². The fourth-order valence-electron chi connectivity index (χ4n) is 4.88. The number of hydrogen-bond donors (Lipinski definition) is 3. The molecule has 238 valence electrons. The summed E-state index contributed by atoms with van der Waals surface area (Å²) in [5.41, 5.74) is 0. The van der Waals surface area contributed by atoms with Crippen molar-refractivity contribution in [3.8, 4) is 0 Å². The Bertz CT molecular complexity index is 565. The number of unbranched alkanes of at least 4 members (excludes halogenated alkanes) is 12. The number of rotatable bonds is 29. The van der Waals surface area contributed by atoms with Crippen molar-refractivity contribution in [2.75, 3.05) is 66.1 Å². The van der Waals surface area contributed by atoms with Gasteiger partial charge in [0.15, 0.2) is 0 Å². The molecule has 10 heteroatoms. The fourth-order valence-corrected chi connectivity index (χ4v) is 4.88. The molecule has 10 nitrogen and oxygen atoms in total. The second-order valence-electron chi connectivity index (χ2n) is 10.4. The summed E-state index contributed by atoms with van der Waals surface area (Å²) < 4.78 is 34.0. The largest absolute Gasteiger partial charge is 0.463 e. The molecule has 0 bridgehead atoms. The highest BCUT2D eigenvalue weighted by atomic mass is 16.6. The van der Waals surface area contributed by atoms with Gasteiger partial charge < -0.3 is 43.7 Å². The van der Waals surface area contributed by atoms with Crippen LogP contribution in [-0.2, 0) is 33.2 Å². The highest BCUT2D eigenvalue weighted by Gasteiger charge is 2.44. The molecule has 0 amide bonds. The monoisotopic (exact) mass is 578 g/mol. The molecular weight excluding hydrogens is 520 g/mol. The van der Waals surface area contributed by atoms with Gasteiger partial charge in [-0.05, 0) is 6.42 Å². The molecule has 0 radical (unpaired) electrons. The van der Waals surface area contributed by atoms with Crippen LogP contribution in [0.3, 0.4) is 0 Å². The molecule has 0 aromatic rings. The molecule has 1 saturated heterocycles. The number of carbonyl (C=O) groups excluding carboxylic acids is 1. The van der Waals surface area contributed by atoms with Crippen molar-refractivity contribution in [3.63, 3.8) is 0 Å². The third kappa shape index (κ3) is 18.6. The Balaban J connectivity index is 2.15. The minimum absolute atomic E-state index is 0.0941. The summed E-state index contributed by atoms with van der Waals surface area (Å²) in [4.78, 5) is 12.0. The number of aliphatic hydroxyl groups is 3. The highest BCUT2D eigenvalue weighted by Crippen LogP contribution is 2.25. The Labute approximate surface area is 242 Å². The number of aliphatic hydroxyl groups excluding tert-OH is 3. The van der Waals surface area contributed by atoms with Crippen LogP contribution >= 0.6 is 0 Å². The lowest BCUT2D eigenvalue weighted by Gasteiger charge is -2.29. The fraction of sp³-hybridized carbons (Fsp3) is 0.967. The predicted octanol–water partition coefficient (Wildman–Crippen LogP) is 3.56. The van der Waals surface area contributed by atoms with Crippen LogP contribution in [0.5, 0.6) is 0 Å². The van der Waals surface area contributed by atoms with Gasteiger partial charge in [-0.15, -0.1) is 0 Å². The summed E-state index contributed by atoms with van der Waals surface area (Å²) in [5.74, 6) is -0.208. The zero-order chi connectivity index (χ0) is 29.1. The predicted molar refractivity (Wildman–Crippen MR) is 152 cm³/mol. The first-order chi connectivity index (χ1) is 19.7. The minimum Gasteiger partial charge on any atom is -0.463 e. The molecule has 1 aliphatic heterocycles. The van der Waals surface area contributed by atoms with E-state index in [0.29, 0.717) is 6.42 Å². The summed E-state index contributed by atoms with van der Waals surface area (Å²) in [5, 5.41) is 27.5. The van der Waals surface area contributed by atoms with Crippen LogP contribution in [-0.4, -0.2) is 112 Å². The molecule has 0 saturated carbocycles. The third-order valence-electron chi connectivity index (χ3n) is 7.01. The van der Waals surface area contributed by atoms with Crippen LogP contribution in [0.25, 0.3) is 0 Å². The highest BCUT2D eigenvalue weighted by molar-refractivity contribution is 5.69. The van der Waals surface area contributed by atoms with E-state index in [-0.39, 0.29) is 72.0 Å². The van der Waals surface area contributed by atoms with E-state index in [1.54, 1.807) is 0 Å². The SMILES string of the molecule is CCCCCCCCCCCCCCCC(=O)OCCOCC(OCCO)[C@H]1OCC(OCCO)[C@H]1OCCO. The van der Waals surface area contributed by atoms with E-state index in [1.165, 1.54) is 70.6 Å². The smallest absolute Gasteiger partial charge is 0.305 e. The molecule has 40 heavy (non-hydrogen) atoms. The van der Waals surface area contributed by atoms with E-state index in [2.05, 4.69) is 6.92 Å². The summed E-state index contributed by atoms with van der Waals surface area (Å²) in [7, 11) is 0. The molecule has 0 aromatic carbocycles. The molecule has 4 atom stereocenters. The van der Waals surface area contributed by atoms with Crippen molar-refractivity contribution in [2.24, 2.45) is 0 Å². The van der Waals surface area contributed by atoms with Gasteiger partial charge >= 0.3 is 5.97 Å².